The number of likely N-dealkylation sites (tertiary alicyclic amines) is 1. The highest BCUT2D eigenvalue weighted by molar-refractivity contribution is 6.30. The van der Waals surface area contributed by atoms with Gasteiger partial charge >= 0.3 is 5.92 Å². The van der Waals surface area contributed by atoms with Gasteiger partial charge in [-0.05, 0) is 49.7 Å². The molecule has 2 aliphatic heterocycles. The van der Waals surface area contributed by atoms with Crippen LogP contribution in [0.2, 0.25) is 5.02 Å². The Hall–Kier alpha value is -2.62. The normalized spacial score (nSPS) is 26.9. The van der Waals surface area contributed by atoms with E-state index in [9.17, 15) is 23.6 Å². The van der Waals surface area contributed by atoms with Gasteiger partial charge in [0.25, 0.3) is 5.91 Å². The fraction of sp³-hybridized carbons (Fsp3) is 0.583. The van der Waals surface area contributed by atoms with E-state index in [0.29, 0.717) is 25.8 Å². The van der Waals surface area contributed by atoms with E-state index in [4.69, 9.17) is 11.6 Å². The summed E-state index contributed by atoms with van der Waals surface area (Å²) in [6.07, 6.45) is 2.40. The van der Waals surface area contributed by atoms with Gasteiger partial charge in [-0.1, -0.05) is 30.2 Å². The van der Waals surface area contributed by atoms with Crippen LogP contribution in [0.4, 0.5) is 13.2 Å². The third kappa shape index (κ3) is 5.03. The molecule has 35 heavy (non-hydrogen) atoms. The van der Waals surface area contributed by atoms with Crippen LogP contribution in [-0.4, -0.2) is 60.3 Å². The van der Waals surface area contributed by atoms with Crippen molar-refractivity contribution < 1.29 is 32.3 Å². The highest BCUT2D eigenvalue weighted by atomic mass is 35.5. The molecule has 7 nitrogen and oxygen atoms in total. The quantitative estimate of drug-likeness (QED) is 0.558. The van der Waals surface area contributed by atoms with Crippen molar-refractivity contribution in [3.05, 3.63) is 34.9 Å². The number of Topliss-reactive ketones (excluding diaryl/α,β-unsaturated/α-hetero) is 1. The second-order valence-corrected chi connectivity index (χ2v) is 9.95. The first-order valence-corrected chi connectivity index (χ1v) is 12.1. The summed E-state index contributed by atoms with van der Waals surface area (Å²) in [7, 11) is 0. The van der Waals surface area contributed by atoms with E-state index in [1.165, 1.54) is 12.1 Å². The van der Waals surface area contributed by atoms with Crippen molar-refractivity contribution in [1.29, 1.82) is 0 Å². The van der Waals surface area contributed by atoms with Crippen LogP contribution in [-0.2, 0) is 25.1 Å². The number of nitrogens with zero attached hydrogens (tertiary/aromatic N) is 1. The van der Waals surface area contributed by atoms with Crippen LogP contribution in [0, 0.1) is 17.8 Å². The number of rotatable bonds is 8. The molecule has 0 unspecified atom stereocenters. The van der Waals surface area contributed by atoms with Crippen molar-refractivity contribution in [2.45, 2.75) is 50.1 Å². The number of halogens is 4. The van der Waals surface area contributed by atoms with Gasteiger partial charge in [-0.15, -0.1) is 0 Å². The first-order chi connectivity index (χ1) is 16.6. The summed E-state index contributed by atoms with van der Waals surface area (Å²) in [5.41, 5.74) is -0.580. The molecule has 0 aromatic heterocycles. The monoisotopic (exact) mass is 513 g/mol. The van der Waals surface area contributed by atoms with Crippen molar-refractivity contribution in [2.24, 2.45) is 17.8 Å². The van der Waals surface area contributed by atoms with Crippen LogP contribution >= 0.6 is 11.6 Å². The van der Waals surface area contributed by atoms with Gasteiger partial charge in [0.1, 0.15) is 12.7 Å². The molecule has 4 rings (SSSR count). The average molecular weight is 514 g/mol. The van der Waals surface area contributed by atoms with Crippen molar-refractivity contribution >= 4 is 35.1 Å². The summed E-state index contributed by atoms with van der Waals surface area (Å²) >= 11 is 5.84. The summed E-state index contributed by atoms with van der Waals surface area (Å²) in [5.74, 6) is -8.43. The summed E-state index contributed by atoms with van der Waals surface area (Å²) in [5, 5.41) is 5.16. The lowest BCUT2D eigenvalue weighted by Crippen LogP contribution is -2.55. The van der Waals surface area contributed by atoms with E-state index >= 15 is 8.78 Å². The molecular formula is C24H27ClF3N3O4. The topological polar surface area (TPSA) is 95.6 Å². The molecular weight excluding hydrogens is 487 g/mol. The van der Waals surface area contributed by atoms with Crippen molar-refractivity contribution in [3.63, 3.8) is 0 Å². The van der Waals surface area contributed by atoms with E-state index in [2.05, 4.69) is 10.6 Å². The molecule has 3 aliphatic rings. The Morgan fingerprint density at radius 3 is 2.66 bits per heavy atom. The molecule has 3 fully saturated rings. The molecule has 2 heterocycles. The minimum absolute atomic E-state index is 0.00943. The number of hydrogen-bond acceptors (Lipinski definition) is 4. The minimum atomic E-state index is -3.92. The average Bonchev–Trinajstić information content (AvgIpc) is 3.53. The lowest BCUT2D eigenvalue weighted by molar-refractivity contribution is -0.162. The zero-order chi connectivity index (χ0) is 25.3. The molecule has 0 radical (unpaired) electrons. The summed E-state index contributed by atoms with van der Waals surface area (Å²) in [4.78, 5) is 51.5. The van der Waals surface area contributed by atoms with Gasteiger partial charge < -0.3 is 15.5 Å². The van der Waals surface area contributed by atoms with Gasteiger partial charge in [0.2, 0.25) is 11.8 Å². The Balaban J connectivity index is 1.57. The Bertz CT molecular complexity index is 1020. The van der Waals surface area contributed by atoms with E-state index in [-0.39, 0.29) is 35.7 Å². The molecule has 190 valence electrons. The molecule has 1 aromatic carbocycles. The Labute approximate surface area is 205 Å². The maximum atomic E-state index is 15.2. The van der Waals surface area contributed by atoms with Crippen molar-refractivity contribution in [1.82, 2.24) is 15.5 Å². The Morgan fingerprint density at radius 2 is 2.00 bits per heavy atom. The lowest BCUT2D eigenvalue weighted by Gasteiger charge is -2.31. The number of carbonyl (C=O) groups excluding carboxylic acids is 4. The maximum Gasteiger partial charge on any atom is 0.350 e. The summed E-state index contributed by atoms with van der Waals surface area (Å²) < 4.78 is 43.7. The van der Waals surface area contributed by atoms with Crippen molar-refractivity contribution in [2.75, 3.05) is 19.8 Å². The fourth-order valence-corrected chi connectivity index (χ4v) is 5.80. The molecule has 2 saturated heterocycles. The van der Waals surface area contributed by atoms with E-state index < -0.39 is 53.8 Å². The number of carbonyl (C=O) groups is 4. The number of benzene rings is 1. The lowest BCUT2D eigenvalue weighted by atomic mass is 9.92. The smallest absolute Gasteiger partial charge is 0.350 e. The second-order valence-electron chi connectivity index (χ2n) is 9.52. The second kappa shape index (κ2) is 10.2. The van der Waals surface area contributed by atoms with Crippen LogP contribution in [0.15, 0.2) is 24.3 Å². The van der Waals surface area contributed by atoms with Crippen LogP contribution in [0.3, 0.4) is 0 Å². The van der Waals surface area contributed by atoms with E-state index in [1.54, 1.807) is 0 Å². The molecule has 1 aromatic rings. The molecule has 11 heteroatoms. The molecule has 2 N–H and O–H groups in total. The molecule has 0 spiro atoms. The highest BCUT2D eigenvalue weighted by Crippen LogP contribution is 2.44. The van der Waals surface area contributed by atoms with Gasteiger partial charge in [0.05, 0.1) is 6.04 Å². The molecule has 3 amide bonds. The van der Waals surface area contributed by atoms with Crippen LogP contribution in [0.25, 0.3) is 0 Å². The minimum Gasteiger partial charge on any atom is -0.356 e. The first-order valence-electron chi connectivity index (χ1n) is 11.7. The van der Waals surface area contributed by atoms with Gasteiger partial charge in [-0.2, -0.15) is 8.78 Å². The third-order valence-corrected chi connectivity index (χ3v) is 7.63. The van der Waals surface area contributed by atoms with Crippen LogP contribution < -0.4 is 10.6 Å². The molecule has 5 atom stereocenters. The molecule has 1 aliphatic carbocycles. The maximum absolute atomic E-state index is 15.2. The number of alkyl halides is 3. The van der Waals surface area contributed by atoms with Gasteiger partial charge in [-0.3, -0.25) is 19.2 Å². The third-order valence-electron chi connectivity index (χ3n) is 7.40. The largest absolute Gasteiger partial charge is 0.356 e. The number of nitrogens with one attached hydrogen (secondary N) is 2. The summed E-state index contributed by atoms with van der Waals surface area (Å²) in [6.45, 7) is -0.933. The first kappa shape index (κ1) is 25.5. The molecule has 0 bridgehead atoms. The molecule has 1 saturated carbocycles. The standard InChI is InChI=1S/C24H27ClF3N3O4/c25-16-5-2-4-15(10-16)24(27,28)23(35)31-12-14-3-1-6-17(14)20(31)22(34)30-18(19(32)11-26)9-13-7-8-29-21(13)33/h2,4-5,10,13-14,17-18,20H,1,3,6-9,11-12H2,(H,29,33)(H,30,34)/t13-,14+,17+,18+,20-/m0/s1. The van der Waals surface area contributed by atoms with E-state index in [1.807, 2.05) is 0 Å². The van der Waals surface area contributed by atoms with Crippen LogP contribution in [0.5, 0.6) is 0 Å². The predicted octanol–water partition coefficient (Wildman–Crippen LogP) is 2.61. The SMILES string of the molecule is O=C1NCC[C@H]1C[C@@H](NC(=O)[C@@H]1[C@@H]2CCC[C@@H]2CN1C(=O)C(F)(F)c1cccc(Cl)c1)C(=O)CF. The zero-order valence-electron chi connectivity index (χ0n) is 18.9. The number of ketones is 1. The fourth-order valence-electron chi connectivity index (χ4n) is 5.61. The van der Waals surface area contributed by atoms with Gasteiger partial charge in [0.15, 0.2) is 5.78 Å². The zero-order valence-corrected chi connectivity index (χ0v) is 19.7. The number of hydrogen-bond donors (Lipinski definition) is 2. The van der Waals surface area contributed by atoms with Crippen LogP contribution in [0.1, 0.15) is 37.7 Å². The Kier molecular flexibility index (Phi) is 7.40. The number of fused-ring (bicyclic) bond motifs is 1. The summed E-state index contributed by atoms with van der Waals surface area (Å²) in [6, 6.07) is 2.33. The van der Waals surface area contributed by atoms with Gasteiger partial charge in [-0.25, -0.2) is 4.39 Å². The van der Waals surface area contributed by atoms with E-state index in [0.717, 1.165) is 23.5 Å². The number of amides is 3. The van der Waals surface area contributed by atoms with Crippen molar-refractivity contribution in [3.8, 4) is 0 Å². The highest BCUT2D eigenvalue weighted by Gasteiger charge is 2.55. The predicted molar refractivity (Wildman–Crippen MR) is 120 cm³/mol. The van der Waals surface area contributed by atoms with Gasteiger partial charge in [0, 0.05) is 29.6 Å². The Morgan fingerprint density at radius 1 is 1.23 bits per heavy atom.